The number of nitrogens with two attached hydrogens (primary N) is 1. The van der Waals surface area contributed by atoms with Crippen molar-refractivity contribution in [3.05, 3.63) is 47.7 Å². The second-order valence-electron chi connectivity index (χ2n) is 3.66. The van der Waals surface area contributed by atoms with Crippen LogP contribution in [0.5, 0.6) is 0 Å². The number of nitrogens with zero attached hydrogens (tertiary/aromatic N) is 1. The van der Waals surface area contributed by atoms with E-state index < -0.39 is 23.3 Å². The molecule has 5 nitrogen and oxygen atoms in total. The van der Waals surface area contributed by atoms with Crippen LogP contribution in [-0.2, 0) is 0 Å². The lowest BCUT2D eigenvalue weighted by Crippen LogP contribution is -2.07. The van der Waals surface area contributed by atoms with Gasteiger partial charge in [-0.15, -0.1) is 0 Å². The highest BCUT2D eigenvalue weighted by molar-refractivity contribution is 5.87. The van der Waals surface area contributed by atoms with E-state index in [2.05, 4.69) is 10.3 Å². The highest BCUT2D eigenvalue weighted by Crippen LogP contribution is 2.25. The van der Waals surface area contributed by atoms with Crippen molar-refractivity contribution in [3.8, 4) is 0 Å². The third-order valence-electron chi connectivity index (χ3n) is 2.35. The number of halogens is 2. The topological polar surface area (TPSA) is 88.2 Å². The Bertz CT molecular complexity index is 627. The quantitative estimate of drug-likeness (QED) is 0.793. The summed E-state index contributed by atoms with van der Waals surface area (Å²) in [5, 5.41) is 11.2. The molecular formula is C12H9F2N3O2. The van der Waals surface area contributed by atoms with Gasteiger partial charge in [0, 0.05) is 0 Å². The fourth-order valence-electron chi connectivity index (χ4n) is 1.42. The van der Waals surface area contributed by atoms with Gasteiger partial charge in [-0.3, -0.25) is 0 Å². The van der Waals surface area contributed by atoms with Crippen LogP contribution >= 0.6 is 0 Å². The van der Waals surface area contributed by atoms with E-state index in [1.54, 1.807) is 0 Å². The summed E-state index contributed by atoms with van der Waals surface area (Å²) >= 11 is 0. The first-order chi connectivity index (χ1) is 8.99. The minimum absolute atomic E-state index is 0.0765. The fourth-order valence-corrected chi connectivity index (χ4v) is 1.42. The van der Waals surface area contributed by atoms with Gasteiger partial charge in [-0.05, 0) is 24.3 Å². The molecule has 4 N–H and O–H groups in total. The zero-order chi connectivity index (χ0) is 14.0. The summed E-state index contributed by atoms with van der Waals surface area (Å²) in [7, 11) is 0. The van der Waals surface area contributed by atoms with Crippen LogP contribution in [0.3, 0.4) is 0 Å². The molecule has 2 aromatic rings. The third kappa shape index (κ3) is 2.59. The Balaban J connectivity index is 2.43. The van der Waals surface area contributed by atoms with Gasteiger partial charge in [0.25, 0.3) is 0 Å². The van der Waals surface area contributed by atoms with Gasteiger partial charge < -0.3 is 16.2 Å². The number of carboxylic acid groups (broad SMARTS) is 1. The molecule has 1 heterocycles. The van der Waals surface area contributed by atoms with E-state index in [0.717, 1.165) is 12.1 Å². The lowest BCUT2D eigenvalue weighted by atomic mass is 10.2. The predicted octanol–water partition coefficient (Wildman–Crippen LogP) is 2.38. The summed E-state index contributed by atoms with van der Waals surface area (Å²) in [6.07, 6.45) is 0. The number of carbonyl (C=O) groups is 1. The minimum atomic E-state index is -1.27. The monoisotopic (exact) mass is 265 g/mol. The SMILES string of the molecule is Nc1ccc(C(=O)O)nc1Nc1c(F)cccc1F. The molecular weight excluding hydrogens is 256 g/mol. The molecule has 0 aliphatic heterocycles. The summed E-state index contributed by atoms with van der Waals surface area (Å²) in [4.78, 5) is 14.5. The Morgan fingerprint density at radius 2 is 1.84 bits per heavy atom. The Hall–Kier alpha value is -2.70. The molecule has 0 spiro atoms. The third-order valence-corrected chi connectivity index (χ3v) is 2.35. The summed E-state index contributed by atoms with van der Waals surface area (Å²) < 4.78 is 26.9. The van der Waals surface area contributed by atoms with Crippen molar-refractivity contribution in [1.82, 2.24) is 4.98 Å². The molecule has 0 unspecified atom stereocenters. The van der Waals surface area contributed by atoms with Gasteiger partial charge in [0.05, 0.1) is 5.69 Å². The second kappa shape index (κ2) is 4.89. The van der Waals surface area contributed by atoms with Crippen LogP contribution in [0.25, 0.3) is 0 Å². The zero-order valence-electron chi connectivity index (χ0n) is 9.52. The number of rotatable bonds is 3. The van der Waals surface area contributed by atoms with Crippen LogP contribution in [0.1, 0.15) is 10.5 Å². The van der Waals surface area contributed by atoms with Crippen molar-refractivity contribution >= 4 is 23.2 Å². The smallest absolute Gasteiger partial charge is 0.354 e. The normalized spacial score (nSPS) is 10.2. The molecule has 0 radical (unpaired) electrons. The molecule has 19 heavy (non-hydrogen) atoms. The van der Waals surface area contributed by atoms with Crippen LogP contribution in [0.15, 0.2) is 30.3 Å². The highest BCUT2D eigenvalue weighted by atomic mass is 19.1. The standard InChI is InChI=1S/C12H9F2N3O2/c13-6-2-1-3-7(14)10(6)17-11-8(15)4-5-9(16-11)12(18)19/h1-5H,15H2,(H,16,17)(H,18,19). The fraction of sp³-hybridized carbons (Fsp3) is 0. The molecule has 1 aromatic heterocycles. The molecule has 0 aliphatic carbocycles. The molecule has 2 rings (SSSR count). The van der Waals surface area contributed by atoms with Crippen LogP contribution in [0, 0.1) is 11.6 Å². The van der Waals surface area contributed by atoms with E-state index in [4.69, 9.17) is 10.8 Å². The zero-order valence-corrected chi connectivity index (χ0v) is 9.52. The number of hydrogen-bond acceptors (Lipinski definition) is 4. The van der Waals surface area contributed by atoms with E-state index >= 15 is 0 Å². The van der Waals surface area contributed by atoms with Crippen molar-refractivity contribution in [2.24, 2.45) is 0 Å². The van der Waals surface area contributed by atoms with Gasteiger partial charge in [-0.25, -0.2) is 18.6 Å². The lowest BCUT2D eigenvalue weighted by Gasteiger charge is -2.10. The summed E-state index contributed by atoms with van der Waals surface area (Å²) in [6, 6.07) is 5.81. The number of hydrogen-bond donors (Lipinski definition) is 3. The number of nitrogen functional groups attached to an aromatic ring is 1. The van der Waals surface area contributed by atoms with E-state index in [0.29, 0.717) is 0 Å². The molecule has 0 saturated heterocycles. The summed E-state index contributed by atoms with van der Waals surface area (Å²) in [5.41, 5.74) is 4.93. The molecule has 1 aromatic carbocycles. The first-order valence-electron chi connectivity index (χ1n) is 5.20. The summed E-state index contributed by atoms with van der Waals surface area (Å²) in [5.74, 6) is -3.05. The van der Waals surface area contributed by atoms with E-state index in [9.17, 15) is 13.6 Å². The number of para-hydroxylation sites is 1. The van der Waals surface area contributed by atoms with Gasteiger partial charge >= 0.3 is 5.97 Å². The lowest BCUT2D eigenvalue weighted by molar-refractivity contribution is 0.0690. The predicted molar refractivity (Wildman–Crippen MR) is 65.2 cm³/mol. The minimum Gasteiger partial charge on any atom is -0.477 e. The van der Waals surface area contributed by atoms with Crippen LogP contribution in [0.2, 0.25) is 0 Å². The van der Waals surface area contributed by atoms with Crippen molar-refractivity contribution < 1.29 is 18.7 Å². The molecule has 0 fully saturated rings. The number of pyridine rings is 1. The van der Waals surface area contributed by atoms with Gasteiger partial charge in [0.15, 0.2) is 11.5 Å². The molecule has 98 valence electrons. The van der Waals surface area contributed by atoms with Crippen molar-refractivity contribution in [1.29, 1.82) is 0 Å². The Morgan fingerprint density at radius 1 is 1.21 bits per heavy atom. The van der Waals surface area contributed by atoms with E-state index in [1.807, 2.05) is 0 Å². The largest absolute Gasteiger partial charge is 0.477 e. The van der Waals surface area contributed by atoms with Crippen LogP contribution in [0.4, 0.5) is 26.0 Å². The first-order valence-corrected chi connectivity index (χ1v) is 5.20. The first kappa shape index (κ1) is 12.7. The van der Waals surface area contributed by atoms with Crippen molar-refractivity contribution in [2.75, 3.05) is 11.1 Å². The maximum atomic E-state index is 13.4. The number of anilines is 3. The number of benzene rings is 1. The van der Waals surface area contributed by atoms with E-state index in [-0.39, 0.29) is 17.2 Å². The number of aromatic carboxylic acids is 1. The van der Waals surface area contributed by atoms with Gasteiger partial charge in [-0.1, -0.05) is 6.07 Å². The number of aromatic nitrogens is 1. The Labute approximate surface area is 106 Å². The highest BCUT2D eigenvalue weighted by Gasteiger charge is 2.13. The van der Waals surface area contributed by atoms with Crippen LogP contribution < -0.4 is 11.1 Å². The summed E-state index contributed by atoms with van der Waals surface area (Å²) in [6.45, 7) is 0. The van der Waals surface area contributed by atoms with Crippen molar-refractivity contribution in [3.63, 3.8) is 0 Å². The Kier molecular flexibility index (Phi) is 3.28. The van der Waals surface area contributed by atoms with Gasteiger partial charge in [-0.2, -0.15) is 0 Å². The molecule has 0 saturated carbocycles. The molecule has 0 bridgehead atoms. The van der Waals surface area contributed by atoms with Crippen LogP contribution in [-0.4, -0.2) is 16.1 Å². The molecule has 0 amide bonds. The van der Waals surface area contributed by atoms with E-state index in [1.165, 1.54) is 18.2 Å². The van der Waals surface area contributed by atoms with Gasteiger partial charge in [0.1, 0.15) is 17.3 Å². The Morgan fingerprint density at radius 3 is 2.42 bits per heavy atom. The molecule has 0 aliphatic rings. The maximum Gasteiger partial charge on any atom is 0.354 e. The number of nitrogens with one attached hydrogen (secondary N) is 1. The number of carboxylic acids is 1. The average molecular weight is 265 g/mol. The molecule has 0 atom stereocenters. The average Bonchev–Trinajstić information content (AvgIpc) is 2.35. The van der Waals surface area contributed by atoms with Gasteiger partial charge in [0.2, 0.25) is 0 Å². The second-order valence-corrected chi connectivity index (χ2v) is 3.66. The van der Waals surface area contributed by atoms with Crippen molar-refractivity contribution in [2.45, 2.75) is 0 Å². The molecule has 7 heteroatoms. The maximum absolute atomic E-state index is 13.4.